The molecule has 2 bridgehead atoms. The molecule has 2 aliphatic heterocycles. The van der Waals surface area contributed by atoms with E-state index in [1.165, 1.54) is 44.1 Å². The third kappa shape index (κ3) is 4.89. The second-order valence-corrected chi connectivity index (χ2v) is 8.77. The van der Waals surface area contributed by atoms with Crippen LogP contribution in [0.2, 0.25) is 0 Å². The van der Waals surface area contributed by atoms with Gasteiger partial charge >= 0.3 is 0 Å². The van der Waals surface area contributed by atoms with Crippen LogP contribution in [0.5, 0.6) is 5.75 Å². The Morgan fingerprint density at radius 2 is 1.40 bits per heavy atom. The number of phenolic OH excluding ortho intramolecular Hbond substituents is 1. The average molecular weight is 458 g/mol. The molecule has 1 N–H and O–H groups in total. The van der Waals surface area contributed by atoms with Crippen molar-refractivity contribution in [2.45, 2.75) is 96.6 Å². The Hall–Kier alpha value is -0.330. The maximum atomic E-state index is 10.7. The Labute approximate surface area is 165 Å². The zero-order valence-electron chi connectivity index (χ0n) is 15.5. The van der Waals surface area contributed by atoms with Crippen LogP contribution in [0.1, 0.15) is 87.2 Å². The third-order valence-electron chi connectivity index (χ3n) is 5.67. The van der Waals surface area contributed by atoms with Crippen molar-refractivity contribution < 1.29 is 14.6 Å². The van der Waals surface area contributed by atoms with Gasteiger partial charge in [-0.3, -0.25) is 0 Å². The number of phenols is 1. The molecule has 0 aromatic heterocycles. The van der Waals surface area contributed by atoms with Gasteiger partial charge in [0, 0.05) is 9.13 Å². The first-order valence-electron chi connectivity index (χ1n) is 9.85. The molecule has 25 heavy (non-hydrogen) atoms. The molecule has 4 rings (SSSR count). The van der Waals surface area contributed by atoms with Gasteiger partial charge in [-0.15, -0.1) is 0 Å². The van der Waals surface area contributed by atoms with Gasteiger partial charge in [0.2, 0.25) is 0 Å². The minimum atomic E-state index is -0.441. The molecule has 1 aliphatic carbocycles. The fraction of sp³-hybridized carbons (Fsp3) is 0.714. The Bertz CT molecular complexity index is 565. The molecule has 0 amide bonds. The highest BCUT2D eigenvalue weighted by atomic mass is 127. The highest BCUT2D eigenvalue weighted by Gasteiger charge is 2.29. The fourth-order valence-electron chi connectivity index (χ4n) is 4.10. The van der Waals surface area contributed by atoms with E-state index in [2.05, 4.69) is 35.6 Å². The van der Waals surface area contributed by atoms with E-state index < -0.39 is 6.29 Å². The average Bonchev–Trinajstić information content (AvgIpc) is 2.56. The Morgan fingerprint density at radius 3 is 2.00 bits per heavy atom. The molecule has 3 fully saturated rings. The van der Waals surface area contributed by atoms with Crippen LogP contribution < -0.4 is 0 Å². The number of halogens is 1. The van der Waals surface area contributed by atoms with Gasteiger partial charge in [-0.1, -0.05) is 32.1 Å². The van der Waals surface area contributed by atoms with Crippen LogP contribution in [0.25, 0.3) is 0 Å². The quantitative estimate of drug-likeness (QED) is 0.502. The van der Waals surface area contributed by atoms with Gasteiger partial charge in [0.1, 0.15) is 5.75 Å². The number of fused-ring (bicyclic) bond motifs is 10. The molecule has 4 heteroatoms. The van der Waals surface area contributed by atoms with Crippen LogP contribution >= 0.6 is 22.6 Å². The number of aryl methyl sites for hydroxylation is 1. The molecule has 3 nitrogen and oxygen atoms in total. The summed E-state index contributed by atoms with van der Waals surface area (Å²) < 4.78 is 14.0. The molecule has 0 spiro atoms. The first kappa shape index (κ1) is 19.4. The summed E-state index contributed by atoms with van der Waals surface area (Å²) in [4.78, 5) is 0. The number of rotatable bonds is 1. The van der Waals surface area contributed by atoms with E-state index in [0.29, 0.717) is 5.75 Å². The van der Waals surface area contributed by atoms with E-state index >= 15 is 0 Å². The first-order chi connectivity index (χ1) is 12.1. The smallest absolute Gasteiger partial charge is 0.188 e. The van der Waals surface area contributed by atoms with Crippen molar-refractivity contribution in [1.29, 1.82) is 0 Å². The lowest BCUT2D eigenvalue weighted by atomic mass is 9.96. The lowest BCUT2D eigenvalue weighted by molar-refractivity contribution is -0.215. The number of hydrogen-bond donors (Lipinski definition) is 1. The fourth-order valence-corrected chi connectivity index (χ4v) is 4.51. The molecule has 1 aromatic rings. The van der Waals surface area contributed by atoms with Gasteiger partial charge in [0.25, 0.3) is 0 Å². The van der Waals surface area contributed by atoms with Crippen molar-refractivity contribution in [2.75, 3.05) is 0 Å². The highest BCUT2D eigenvalue weighted by Crippen LogP contribution is 2.39. The first-order valence-corrected chi connectivity index (χ1v) is 10.9. The third-order valence-corrected chi connectivity index (χ3v) is 7.33. The molecule has 2 saturated heterocycles. The van der Waals surface area contributed by atoms with E-state index in [-0.39, 0.29) is 12.2 Å². The van der Waals surface area contributed by atoms with E-state index in [1.54, 1.807) is 0 Å². The Morgan fingerprint density at radius 1 is 0.880 bits per heavy atom. The van der Waals surface area contributed by atoms with Gasteiger partial charge < -0.3 is 14.6 Å². The summed E-state index contributed by atoms with van der Waals surface area (Å²) in [6, 6.07) is 2.05. The second-order valence-electron chi connectivity index (χ2n) is 7.69. The molecule has 2 heterocycles. The normalized spacial score (nSPS) is 28.8. The lowest BCUT2D eigenvalue weighted by Gasteiger charge is -2.33. The van der Waals surface area contributed by atoms with Crippen molar-refractivity contribution in [3.05, 3.63) is 26.3 Å². The van der Waals surface area contributed by atoms with E-state index in [9.17, 15) is 5.11 Å². The minimum Gasteiger partial charge on any atom is -0.507 e. The summed E-state index contributed by atoms with van der Waals surface area (Å²) in [6.45, 7) is 4.07. The Kier molecular flexibility index (Phi) is 7.03. The number of benzene rings is 1. The standard InChI is InChI=1S/C21H31IO3/c1-14-13-18(20(23)15(2)19(14)22)21-24-16-9-6-4-3-5-7-10-17(25-21)12-8-11-16/h13,16-17,21,23H,3-12H2,1-2H3. The van der Waals surface area contributed by atoms with Gasteiger partial charge in [-0.05, 0) is 80.2 Å². The highest BCUT2D eigenvalue weighted by molar-refractivity contribution is 14.1. The Balaban J connectivity index is 1.90. The molecule has 2 atom stereocenters. The second kappa shape index (κ2) is 9.05. The van der Waals surface area contributed by atoms with E-state index in [4.69, 9.17) is 9.47 Å². The maximum Gasteiger partial charge on any atom is 0.188 e. The monoisotopic (exact) mass is 458 g/mol. The predicted octanol–water partition coefficient (Wildman–Crippen LogP) is 6.31. The predicted molar refractivity (Wildman–Crippen MR) is 109 cm³/mol. The van der Waals surface area contributed by atoms with Crippen LogP contribution in [0.4, 0.5) is 0 Å². The van der Waals surface area contributed by atoms with Gasteiger partial charge in [-0.2, -0.15) is 0 Å². The van der Waals surface area contributed by atoms with E-state index in [0.717, 1.165) is 40.4 Å². The molecular weight excluding hydrogens is 427 g/mol. The number of hydrogen-bond acceptors (Lipinski definition) is 3. The van der Waals surface area contributed by atoms with Crippen LogP contribution in [-0.4, -0.2) is 17.3 Å². The van der Waals surface area contributed by atoms with Crippen LogP contribution in [-0.2, 0) is 9.47 Å². The summed E-state index contributed by atoms with van der Waals surface area (Å²) in [5.41, 5.74) is 2.91. The summed E-state index contributed by atoms with van der Waals surface area (Å²) >= 11 is 2.30. The van der Waals surface area contributed by atoms with Crippen molar-refractivity contribution in [2.24, 2.45) is 0 Å². The van der Waals surface area contributed by atoms with Crippen molar-refractivity contribution in [1.82, 2.24) is 0 Å². The lowest BCUT2D eigenvalue weighted by Crippen LogP contribution is -2.28. The molecular formula is C21H31IO3. The van der Waals surface area contributed by atoms with Crippen molar-refractivity contribution in [3.63, 3.8) is 0 Å². The van der Waals surface area contributed by atoms with Gasteiger partial charge in [0.15, 0.2) is 6.29 Å². The number of ether oxygens (including phenoxy) is 2. The van der Waals surface area contributed by atoms with Crippen LogP contribution in [0, 0.1) is 17.4 Å². The molecule has 1 aromatic carbocycles. The topological polar surface area (TPSA) is 38.7 Å². The van der Waals surface area contributed by atoms with Gasteiger partial charge in [0.05, 0.1) is 17.8 Å². The minimum absolute atomic E-state index is 0.240. The van der Waals surface area contributed by atoms with Gasteiger partial charge in [-0.25, -0.2) is 0 Å². The summed E-state index contributed by atoms with van der Waals surface area (Å²) in [5.74, 6) is 0.338. The summed E-state index contributed by atoms with van der Waals surface area (Å²) in [7, 11) is 0. The summed E-state index contributed by atoms with van der Waals surface area (Å²) in [5, 5.41) is 10.7. The largest absolute Gasteiger partial charge is 0.507 e. The van der Waals surface area contributed by atoms with E-state index in [1.807, 2.05) is 6.92 Å². The van der Waals surface area contributed by atoms with Crippen molar-refractivity contribution in [3.8, 4) is 5.75 Å². The van der Waals surface area contributed by atoms with Crippen LogP contribution in [0.3, 0.4) is 0 Å². The zero-order chi connectivity index (χ0) is 17.8. The molecule has 2 unspecified atom stereocenters. The zero-order valence-corrected chi connectivity index (χ0v) is 17.7. The molecule has 3 aliphatic rings. The maximum absolute atomic E-state index is 10.7. The molecule has 140 valence electrons. The summed E-state index contributed by atoms with van der Waals surface area (Å²) in [6.07, 6.45) is 12.1. The van der Waals surface area contributed by atoms with Crippen LogP contribution in [0.15, 0.2) is 6.07 Å². The molecule has 0 radical (unpaired) electrons. The number of aromatic hydroxyl groups is 1. The SMILES string of the molecule is Cc1cc(C2OC3CCCCCCCC(CCC3)O2)c(O)c(C)c1I. The van der Waals surface area contributed by atoms with Crippen molar-refractivity contribution >= 4 is 22.6 Å². The molecule has 1 saturated carbocycles.